The molecule has 0 saturated heterocycles. The van der Waals surface area contributed by atoms with Gasteiger partial charge in [0.15, 0.2) is 0 Å². The number of carboxylic acid groups (broad SMARTS) is 1. The Bertz CT molecular complexity index is 1910. The Labute approximate surface area is 234 Å². The lowest BCUT2D eigenvalue weighted by atomic mass is 9.99. The second-order valence-electron chi connectivity index (χ2n) is 9.89. The van der Waals surface area contributed by atoms with E-state index in [9.17, 15) is 19.1 Å². The molecule has 41 heavy (non-hydrogen) atoms. The Kier molecular flexibility index (Phi) is 6.73. The van der Waals surface area contributed by atoms with Crippen LogP contribution in [-0.2, 0) is 6.54 Å². The molecule has 0 aliphatic rings. The van der Waals surface area contributed by atoms with Crippen LogP contribution < -0.4 is 5.32 Å². The fourth-order valence-electron chi connectivity index (χ4n) is 4.96. The van der Waals surface area contributed by atoms with Crippen LogP contribution in [-0.4, -0.2) is 31.7 Å². The van der Waals surface area contributed by atoms with Crippen LogP contribution in [0.25, 0.3) is 32.9 Å². The molecule has 1 amide bonds. The van der Waals surface area contributed by atoms with E-state index in [1.807, 2.05) is 49.4 Å². The minimum absolute atomic E-state index is 0.173. The van der Waals surface area contributed by atoms with Crippen molar-refractivity contribution < 1.29 is 19.1 Å². The molecule has 6 aromatic rings. The number of hydrogen-bond acceptors (Lipinski definition) is 4. The van der Waals surface area contributed by atoms with E-state index in [-0.39, 0.29) is 17.3 Å². The van der Waals surface area contributed by atoms with Gasteiger partial charge < -0.3 is 10.4 Å². The van der Waals surface area contributed by atoms with E-state index in [1.54, 1.807) is 41.2 Å². The molecule has 0 fully saturated rings. The lowest BCUT2D eigenvalue weighted by Crippen LogP contribution is -2.27. The highest BCUT2D eigenvalue weighted by molar-refractivity contribution is 6.07. The average molecular weight is 545 g/mol. The summed E-state index contributed by atoms with van der Waals surface area (Å²) in [4.78, 5) is 29.8. The first-order valence-electron chi connectivity index (χ1n) is 13.1. The molecular formula is C33H25FN4O3. The van der Waals surface area contributed by atoms with Crippen LogP contribution in [0.3, 0.4) is 0 Å². The molecule has 0 unspecified atom stereocenters. The van der Waals surface area contributed by atoms with Crippen LogP contribution >= 0.6 is 0 Å². The lowest BCUT2D eigenvalue weighted by Gasteiger charge is -2.17. The minimum Gasteiger partial charge on any atom is -0.478 e. The number of benzene rings is 4. The van der Waals surface area contributed by atoms with E-state index >= 15 is 0 Å². The van der Waals surface area contributed by atoms with Gasteiger partial charge >= 0.3 is 5.97 Å². The van der Waals surface area contributed by atoms with Crippen LogP contribution in [0.15, 0.2) is 103 Å². The molecule has 0 bridgehead atoms. The van der Waals surface area contributed by atoms with Crippen molar-refractivity contribution in [3.8, 4) is 11.1 Å². The number of rotatable bonds is 7. The number of aromatic nitrogens is 3. The number of pyridine rings is 1. The molecule has 8 heteroatoms. The molecule has 6 rings (SSSR count). The second-order valence-corrected chi connectivity index (χ2v) is 9.89. The SMILES string of the molecule is C[C@H](NC(=O)c1cc(-c2ccc(F)cc2)cc2cnn(Cc3ccc4ccccc4n3)c12)c1ccc(C(=O)O)cc1. The molecule has 0 radical (unpaired) electrons. The Balaban J connectivity index is 1.39. The third kappa shape index (κ3) is 5.27. The number of carboxylic acids is 1. The predicted octanol–water partition coefficient (Wildman–Crippen LogP) is 6.63. The molecule has 4 aromatic carbocycles. The Hall–Kier alpha value is -5.37. The number of aromatic carboxylic acids is 1. The monoisotopic (exact) mass is 544 g/mol. The summed E-state index contributed by atoms with van der Waals surface area (Å²) in [7, 11) is 0. The highest BCUT2D eigenvalue weighted by atomic mass is 19.1. The van der Waals surface area contributed by atoms with Gasteiger partial charge in [0.1, 0.15) is 5.82 Å². The highest BCUT2D eigenvalue weighted by Crippen LogP contribution is 2.29. The number of para-hydroxylation sites is 1. The topological polar surface area (TPSA) is 97.1 Å². The standard InChI is InChI=1S/C33H25FN4O3/c1-20(21-6-8-24(9-7-21)33(40)41)36-32(39)29-17-25(22-10-13-27(34)14-11-22)16-26-18-35-38(31(26)29)19-28-15-12-23-4-2-3-5-30(23)37-28/h2-18,20H,19H2,1H3,(H,36,39)(H,40,41)/t20-/m0/s1. The number of amides is 1. The number of carbonyl (C=O) groups is 2. The van der Waals surface area contributed by atoms with Gasteiger partial charge in [-0.2, -0.15) is 5.10 Å². The van der Waals surface area contributed by atoms with Gasteiger partial charge in [0.2, 0.25) is 0 Å². The van der Waals surface area contributed by atoms with Gasteiger partial charge in [-0.05, 0) is 72.1 Å². The number of halogens is 1. The van der Waals surface area contributed by atoms with Gasteiger partial charge in [-0.15, -0.1) is 0 Å². The third-order valence-electron chi connectivity index (χ3n) is 7.13. The average Bonchev–Trinajstić information content (AvgIpc) is 3.39. The maximum Gasteiger partial charge on any atom is 0.335 e. The summed E-state index contributed by atoms with van der Waals surface area (Å²) < 4.78 is 15.4. The fraction of sp³-hybridized carbons (Fsp3) is 0.0909. The quantitative estimate of drug-likeness (QED) is 0.235. The molecule has 0 aliphatic heterocycles. The molecular weight excluding hydrogens is 519 g/mol. The van der Waals surface area contributed by atoms with Crippen molar-refractivity contribution >= 4 is 33.7 Å². The zero-order valence-corrected chi connectivity index (χ0v) is 22.1. The molecule has 2 N–H and O–H groups in total. The smallest absolute Gasteiger partial charge is 0.335 e. The van der Waals surface area contributed by atoms with Crippen molar-refractivity contribution in [3.63, 3.8) is 0 Å². The van der Waals surface area contributed by atoms with Crippen LogP contribution in [0.4, 0.5) is 4.39 Å². The van der Waals surface area contributed by atoms with Gasteiger partial charge in [-0.1, -0.05) is 48.5 Å². The summed E-state index contributed by atoms with van der Waals surface area (Å²) in [6.07, 6.45) is 1.72. The van der Waals surface area contributed by atoms with E-state index in [2.05, 4.69) is 10.4 Å². The Morgan fingerprint density at radius 3 is 2.41 bits per heavy atom. The molecule has 1 atom stereocenters. The fourth-order valence-corrected chi connectivity index (χ4v) is 4.96. The maximum atomic E-state index is 13.8. The molecule has 2 aromatic heterocycles. The largest absolute Gasteiger partial charge is 0.478 e. The van der Waals surface area contributed by atoms with E-state index in [4.69, 9.17) is 4.98 Å². The van der Waals surface area contributed by atoms with Crippen LogP contribution in [0.2, 0.25) is 0 Å². The number of fused-ring (bicyclic) bond motifs is 2. The van der Waals surface area contributed by atoms with Crippen LogP contribution in [0, 0.1) is 5.82 Å². The summed E-state index contributed by atoms with van der Waals surface area (Å²) in [5, 5.41) is 18.7. The molecule has 202 valence electrons. The van der Waals surface area contributed by atoms with E-state index in [0.29, 0.717) is 17.6 Å². The lowest BCUT2D eigenvalue weighted by molar-refractivity contribution is 0.0696. The Morgan fingerprint density at radius 1 is 0.902 bits per heavy atom. The van der Waals surface area contributed by atoms with Gasteiger partial charge in [-0.3, -0.25) is 14.5 Å². The molecule has 0 aliphatic carbocycles. The van der Waals surface area contributed by atoms with Gasteiger partial charge in [0.05, 0.1) is 46.6 Å². The van der Waals surface area contributed by atoms with Crippen molar-refractivity contribution in [2.75, 3.05) is 0 Å². The minimum atomic E-state index is -1.01. The van der Waals surface area contributed by atoms with E-state index in [1.165, 1.54) is 24.3 Å². The van der Waals surface area contributed by atoms with Gasteiger partial charge in [-0.25, -0.2) is 9.18 Å². The van der Waals surface area contributed by atoms with Gasteiger partial charge in [0, 0.05) is 10.8 Å². The summed E-state index contributed by atoms with van der Waals surface area (Å²) in [6.45, 7) is 2.20. The molecule has 7 nitrogen and oxygen atoms in total. The number of hydrogen-bond donors (Lipinski definition) is 2. The highest BCUT2D eigenvalue weighted by Gasteiger charge is 2.20. The van der Waals surface area contributed by atoms with Crippen molar-refractivity contribution in [1.82, 2.24) is 20.1 Å². The van der Waals surface area contributed by atoms with Crippen molar-refractivity contribution in [1.29, 1.82) is 0 Å². The number of carbonyl (C=O) groups excluding carboxylic acids is 1. The van der Waals surface area contributed by atoms with Gasteiger partial charge in [0.25, 0.3) is 5.91 Å². The van der Waals surface area contributed by atoms with Crippen molar-refractivity contribution in [3.05, 3.63) is 131 Å². The molecule has 0 spiro atoms. The molecule has 2 heterocycles. The maximum absolute atomic E-state index is 13.8. The third-order valence-corrected chi connectivity index (χ3v) is 7.13. The van der Waals surface area contributed by atoms with E-state index in [0.717, 1.165) is 38.7 Å². The normalized spacial score (nSPS) is 12.0. The summed E-state index contributed by atoms with van der Waals surface area (Å²) >= 11 is 0. The van der Waals surface area contributed by atoms with E-state index < -0.39 is 12.0 Å². The first-order valence-corrected chi connectivity index (χ1v) is 13.1. The zero-order valence-electron chi connectivity index (χ0n) is 22.1. The summed E-state index contributed by atoms with van der Waals surface area (Å²) in [6, 6.07) is 27.7. The Morgan fingerprint density at radius 2 is 1.66 bits per heavy atom. The molecule has 0 saturated carbocycles. The number of nitrogens with one attached hydrogen (secondary N) is 1. The van der Waals surface area contributed by atoms with Crippen molar-refractivity contribution in [2.45, 2.75) is 19.5 Å². The number of nitrogens with zero attached hydrogens (tertiary/aromatic N) is 3. The van der Waals surface area contributed by atoms with Crippen LogP contribution in [0.1, 0.15) is 44.9 Å². The van der Waals surface area contributed by atoms with Crippen LogP contribution in [0.5, 0.6) is 0 Å². The first kappa shape index (κ1) is 25.9. The van der Waals surface area contributed by atoms with Crippen molar-refractivity contribution in [2.24, 2.45) is 0 Å². The summed E-state index contributed by atoms with van der Waals surface area (Å²) in [5.41, 5.74) is 5.20. The predicted molar refractivity (Wildman–Crippen MR) is 155 cm³/mol. The second kappa shape index (κ2) is 10.7. The summed E-state index contributed by atoms with van der Waals surface area (Å²) in [5.74, 6) is -1.67. The first-order chi connectivity index (χ1) is 19.9. The zero-order chi connectivity index (χ0) is 28.5.